The molecule has 27 heavy (non-hydrogen) atoms. The summed E-state index contributed by atoms with van der Waals surface area (Å²) in [6, 6.07) is 12.3. The second-order valence-electron chi connectivity index (χ2n) is 7.54. The third kappa shape index (κ3) is 3.77. The normalized spacial score (nSPS) is 26.6. The number of benzene rings is 1. The first-order valence-electron chi connectivity index (χ1n) is 9.54. The van der Waals surface area contributed by atoms with Gasteiger partial charge in [0.2, 0.25) is 5.91 Å². The Morgan fingerprint density at radius 3 is 2.41 bits per heavy atom. The molecule has 2 atom stereocenters. The molecule has 0 aliphatic carbocycles. The highest BCUT2D eigenvalue weighted by Gasteiger charge is 2.40. The maximum absolute atomic E-state index is 12.8. The lowest BCUT2D eigenvalue weighted by atomic mass is 9.79. The quantitative estimate of drug-likeness (QED) is 0.848. The highest BCUT2D eigenvalue weighted by atomic mass is 32.1. The van der Waals surface area contributed by atoms with Gasteiger partial charge in [-0.05, 0) is 68.6 Å². The van der Waals surface area contributed by atoms with Crippen LogP contribution in [0.2, 0.25) is 0 Å². The van der Waals surface area contributed by atoms with Crippen LogP contribution in [-0.4, -0.2) is 41.9 Å². The topological polar surface area (TPSA) is 61.4 Å². The van der Waals surface area contributed by atoms with Crippen LogP contribution in [0.3, 0.4) is 0 Å². The van der Waals surface area contributed by atoms with Gasteiger partial charge in [0, 0.05) is 29.6 Å². The van der Waals surface area contributed by atoms with Gasteiger partial charge in [0.1, 0.15) is 0 Å². The average Bonchev–Trinajstić information content (AvgIpc) is 3.15. The Morgan fingerprint density at radius 1 is 1.07 bits per heavy atom. The summed E-state index contributed by atoms with van der Waals surface area (Å²) in [5.41, 5.74) is 1.82. The van der Waals surface area contributed by atoms with Crippen LogP contribution in [0.5, 0.6) is 0 Å². The van der Waals surface area contributed by atoms with E-state index in [4.69, 9.17) is 0 Å². The molecule has 3 aliphatic heterocycles. The van der Waals surface area contributed by atoms with Crippen LogP contribution in [0.1, 0.15) is 36.4 Å². The van der Waals surface area contributed by atoms with Crippen molar-refractivity contribution in [1.29, 1.82) is 0 Å². The van der Waals surface area contributed by atoms with E-state index in [0.717, 1.165) is 34.1 Å². The third-order valence-corrected chi connectivity index (χ3v) is 6.93. The minimum atomic E-state index is -0.0835. The molecule has 4 heterocycles. The second kappa shape index (κ2) is 7.44. The number of piperidine rings is 3. The van der Waals surface area contributed by atoms with Crippen molar-refractivity contribution in [3.63, 3.8) is 0 Å². The molecule has 0 radical (unpaired) electrons. The van der Waals surface area contributed by atoms with Gasteiger partial charge >= 0.3 is 0 Å². The fourth-order valence-electron chi connectivity index (χ4n) is 4.30. The number of nitrogens with zero attached hydrogens (tertiary/aromatic N) is 1. The van der Waals surface area contributed by atoms with Gasteiger partial charge in [0.05, 0.1) is 4.88 Å². The van der Waals surface area contributed by atoms with Crippen molar-refractivity contribution in [2.45, 2.75) is 38.8 Å². The van der Waals surface area contributed by atoms with E-state index in [0.29, 0.717) is 12.0 Å². The van der Waals surface area contributed by atoms with Crippen molar-refractivity contribution in [2.24, 2.45) is 5.92 Å². The fraction of sp³-hybridized carbons (Fsp3) is 0.429. The van der Waals surface area contributed by atoms with E-state index in [1.54, 1.807) is 0 Å². The zero-order valence-electron chi connectivity index (χ0n) is 15.7. The summed E-state index contributed by atoms with van der Waals surface area (Å²) in [6.07, 6.45) is 2.37. The highest BCUT2D eigenvalue weighted by molar-refractivity contribution is 7.17. The maximum atomic E-state index is 12.8. The summed E-state index contributed by atoms with van der Waals surface area (Å²) in [5.74, 6) is 0.557. The molecule has 2 aromatic rings. The van der Waals surface area contributed by atoms with E-state index >= 15 is 0 Å². The van der Waals surface area contributed by atoms with Crippen molar-refractivity contribution in [3.05, 3.63) is 41.3 Å². The summed E-state index contributed by atoms with van der Waals surface area (Å²) in [4.78, 5) is 28.2. The number of nitrogens with one attached hydrogen (secondary N) is 2. The molecule has 1 aromatic heterocycles. The van der Waals surface area contributed by atoms with Gasteiger partial charge in [0.25, 0.3) is 5.91 Å². The van der Waals surface area contributed by atoms with E-state index in [1.807, 2.05) is 36.4 Å². The molecule has 6 heteroatoms. The number of hydrogen-bond acceptors (Lipinski definition) is 4. The van der Waals surface area contributed by atoms with E-state index < -0.39 is 0 Å². The van der Waals surface area contributed by atoms with Crippen LogP contribution in [0.25, 0.3) is 10.4 Å². The molecule has 3 saturated heterocycles. The highest BCUT2D eigenvalue weighted by Crippen LogP contribution is 2.33. The molecule has 142 valence electrons. The van der Waals surface area contributed by atoms with Gasteiger partial charge in [0.15, 0.2) is 0 Å². The summed E-state index contributed by atoms with van der Waals surface area (Å²) < 4.78 is 0. The van der Waals surface area contributed by atoms with Crippen LogP contribution in [0, 0.1) is 5.92 Å². The Hall–Kier alpha value is -2.18. The molecule has 2 bridgehead atoms. The summed E-state index contributed by atoms with van der Waals surface area (Å²) >= 11 is 1.51. The van der Waals surface area contributed by atoms with E-state index in [1.165, 1.54) is 31.1 Å². The van der Waals surface area contributed by atoms with Gasteiger partial charge < -0.3 is 10.6 Å². The smallest absolute Gasteiger partial charge is 0.261 e. The van der Waals surface area contributed by atoms with E-state index in [-0.39, 0.29) is 17.9 Å². The lowest BCUT2D eigenvalue weighted by molar-refractivity contribution is -0.114. The zero-order chi connectivity index (χ0) is 19.0. The molecule has 5 rings (SSSR count). The van der Waals surface area contributed by atoms with Gasteiger partial charge in [-0.3, -0.25) is 14.5 Å². The van der Waals surface area contributed by atoms with Gasteiger partial charge in [-0.2, -0.15) is 0 Å². The van der Waals surface area contributed by atoms with Crippen molar-refractivity contribution in [1.82, 2.24) is 10.2 Å². The Kier molecular flexibility index (Phi) is 5.02. The van der Waals surface area contributed by atoms with Crippen LogP contribution < -0.4 is 10.6 Å². The van der Waals surface area contributed by atoms with Crippen molar-refractivity contribution in [3.8, 4) is 10.4 Å². The van der Waals surface area contributed by atoms with Crippen LogP contribution >= 0.6 is 11.3 Å². The molecular formula is C21H25N3O2S. The molecule has 1 aromatic carbocycles. The number of anilines is 1. The standard InChI is InChI=1S/C21H25N3O2S/c1-13-20(16-9-11-24(13)12-10-16)23-21(26)19-8-7-18(27-19)15-3-5-17(6-4-15)22-14(2)25/h3-8,13,16,20H,9-12H2,1-2H3,(H,22,25)(H,23,26)/t13-,20-/m0/s1. The predicted octanol–water partition coefficient (Wildman–Crippen LogP) is 3.59. The number of amides is 2. The van der Waals surface area contributed by atoms with Crippen molar-refractivity contribution < 1.29 is 9.59 Å². The Labute approximate surface area is 163 Å². The Morgan fingerprint density at radius 2 is 1.78 bits per heavy atom. The van der Waals surface area contributed by atoms with E-state index in [9.17, 15) is 9.59 Å². The third-order valence-electron chi connectivity index (χ3n) is 5.80. The molecular weight excluding hydrogens is 358 g/mol. The first kappa shape index (κ1) is 18.2. The second-order valence-corrected chi connectivity index (χ2v) is 8.62. The van der Waals surface area contributed by atoms with Gasteiger partial charge in [-0.15, -0.1) is 11.3 Å². The molecule has 2 N–H and O–H groups in total. The Balaban J connectivity index is 1.44. The molecule has 3 fully saturated rings. The van der Waals surface area contributed by atoms with Crippen LogP contribution in [0.15, 0.2) is 36.4 Å². The molecule has 0 spiro atoms. The zero-order valence-corrected chi connectivity index (χ0v) is 16.5. The SMILES string of the molecule is CC(=O)Nc1ccc(-c2ccc(C(=O)N[C@@H]3C4CCN(CC4)[C@H]3C)s2)cc1. The number of fused-ring (bicyclic) bond motifs is 3. The number of hydrogen-bond donors (Lipinski definition) is 2. The van der Waals surface area contributed by atoms with Gasteiger partial charge in [-0.1, -0.05) is 12.1 Å². The summed E-state index contributed by atoms with van der Waals surface area (Å²) in [7, 11) is 0. The number of carbonyl (C=O) groups excluding carboxylic acids is 2. The Bertz CT molecular complexity index is 835. The minimum absolute atomic E-state index is 0.0340. The molecule has 5 nitrogen and oxygen atoms in total. The first-order chi connectivity index (χ1) is 13.0. The van der Waals surface area contributed by atoms with Crippen LogP contribution in [0.4, 0.5) is 5.69 Å². The summed E-state index contributed by atoms with van der Waals surface area (Å²) in [5, 5.41) is 6.06. The first-order valence-corrected chi connectivity index (χ1v) is 10.4. The molecule has 3 aliphatic rings. The van der Waals surface area contributed by atoms with Crippen molar-refractivity contribution >= 4 is 28.8 Å². The fourth-order valence-corrected chi connectivity index (χ4v) is 5.22. The lowest BCUT2D eigenvalue weighted by Crippen LogP contribution is -2.62. The molecule has 2 amide bonds. The number of thiophene rings is 1. The summed E-state index contributed by atoms with van der Waals surface area (Å²) in [6.45, 7) is 6.05. The van der Waals surface area contributed by atoms with Gasteiger partial charge in [-0.25, -0.2) is 0 Å². The van der Waals surface area contributed by atoms with E-state index in [2.05, 4.69) is 22.5 Å². The molecule has 0 saturated carbocycles. The monoisotopic (exact) mass is 383 g/mol. The average molecular weight is 384 g/mol. The number of rotatable bonds is 4. The van der Waals surface area contributed by atoms with Crippen LogP contribution in [-0.2, 0) is 4.79 Å². The largest absolute Gasteiger partial charge is 0.347 e. The minimum Gasteiger partial charge on any atom is -0.347 e. The number of carbonyl (C=O) groups is 2. The lowest BCUT2D eigenvalue weighted by Gasteiger charge is -2.49. The maximum Gasteiger partial charge on any atom is 0.261 e. The predicted molar refractivity (Wildman–Crippen MR) is 109 cm³/mol. The molecule has 0 unspecified atom stereocenters. The van der Waals surface area contributed by atoms with Crippen molar-refractivity contribution in [2.75, 3.05) is 18.4 Å².